The van der Waals surface area contributed by atoms with E-state index in [4.69, 9.17) is 5.73 Å². The van der Waals surface area contributed by atoms with Crippen molar-refractivity contribution in [2.45, 2.75) is 23.8 Å². The third kappa shape index (κ3) is 5.59. The standard InChI is InChI=1S/C19H18F3N3O3S.ClH/c1-24-17(26)12-4-7-16-15(8-12)25(18(27)14(23)10-29-16)9-11-2-5-13(6-3-11)28-19(20,21)22;/h2-8,14H,9-10,23H2,1H3,(H,24,26);1H/t14-;/m0./s1. The summed E-state index contributed by atoms with van der Waals surface area (Å²) in [6.07, 6.45) is -4.78. The Kier molecular flexibility index (Phi) is 7.62. The van der Waals surface area contributed by atoms with Gasteiger partial charge in [-0.15, -0.1) is 37.3 Å². The van der Waals surface area contributed by atoms with E-state index in [9.17, 15) is 22.8 Å². The zero-order valence-electron chi connectivity index (χ0n) is 15.7. The fraction of sp³-hybridized carbons (Fsp3) is 0.263. The van der Waals surface area contributed by atoms with Gasteiger partial charge in [0, 0.05) is 23.3 Å². The zero-order valence-corrected chi connectivity index (χ0v) is 17.4. The Balaban J connectivity index is 0.00000320. The normalized spacial score (nSPS) is 16.2. The first-order valence-corrected chi connectivity index (χ1v) is 9.57. The molecule has 1 atom stereocenters. The second-order valence-corrected chi connectivity index (χ2v) is 7.36. The highest BCUT2D eigenvalue weighted by atomic mass is 35.5. The Labute approximate surface area is 181 Å². The predicted octanol–water partition coefficient (Wildman–Crippen LogP) is 3.33. The van der Waals surface area contributed by atoms with Crippen LogP contribution in [0, 0.1) is 0 Å². The van der Waals surface area contributed by atoms with Crippen LogP contribution in [0.3, 0.4) is 0 Å². The fourth-order valence-corrected chi connectivity index (χ4v) is 3.83. The smallest absolute Gasteiger partial charge is 0.406 e. The largest absolute Gasteiger partial charge is 0.573 e. The molecule has 0 radical (unpaired) electrons. The molecule has 1 heterocycles. The molecular formula is C19H19ClF3N3O3S. The molecular weight excluding hydrogens is 443 g/mol. The van der Waals surface area contributed by atoms with Crippen LogP contribution in [-0.4, -0.2) is 37.0 Å². The Morgan fingerprint density at radius 1 is 1.27 bits per heavy atom. The van der Waals surface area contributed by atoms with Crippen LogP contribution in [0.2, 0.25) is 0 Å². The minimum Gasteiger partial charge on any atom is -0.406 e. The summed E-state index contributed by atoms with van der Waals surface area (Å²) in [5.74, 6) is -0.605. The van der Waals surface area contributed by atoms with E-state index in [-0.39, 0.29) is 36.5 Å². The third-order valence-corrected chi connectivity index (χ3v) is 5.42. The van der Waals surface area contributed by atoms with E-state index >= 15 is 0 Å². The molecule has 2 aromatic carbocycles. The number of nitrogens with one attached hydrogen (secondary N) is 1. The van der Waals surface area contributed by atoms with E-state index in [1.807, 2.05) is 0 Å². The minimum atomic E-state index is -4.78. The molecule has 0 saturated carbocycles. The number of nitrogens with zero attached hydrogens (tertiary/aromatic N) is 1. The molecule has 0 bridgehead atoms. The first kappa shape index (κ1) is 23.8. The maximum Gasteiger partial charge on any atom is 0.573 e. The van der Waals surface area contributed by atoms with Crippen molar-refractivity contribution in [2.24, 2.45) is 5.73 Å². The summed E-state index contributed by atoms with van der Waals surface area (Å²) in [5.41, 5.74) is 7.48. The average molecular weight is 462 g/mol. The third-order valence-electron chi connectivity index (χ3n) is 4.24. The highest BCUT2D eigenvalue weighted by molar-refractivity contribution is 7.99. The van der Waals surface area contributed by atoms with Crippen LogP contribution in [-0.2, 0) is 11.3 Å². The Hall–Kier alpha value is -2.43. The first-order chi connectivity index (χ1) is 13.7. The van der Waals surface area contributed by atoms with E-state index in [0.717, 1.165) is 4.90 Å². The number of anilines is 1. The van der Waals surface area contributed by atoms with Gasteiger partial charge in [0.05, 0.1) is 18.3 Å². The van der Waals surface area contributed by atoms with Gasteiger partial charge in [0.25, 0.3) is 5.91 Å². The molecule has 0 spiro atoms. The van der Waals surface area contributed by atoms with Crippen LogP contribution in [0.15, 0.2) is 47.4 Å². The quantitative estimate of drug-likeness (QED) is 0.729. The van der Waals surface area contributed by atoms with Gasteiger partial charge in [0.15, 0.2) is 0 Å². The lowest BCUT2D eigenvalue weighted by atomic mass is 10.1. The topological polar surface area (TPSA) is 84.7 Å². The van der Waals surface area contributed by atoms with Crippen molar-refractivity contribution in [1.29, 1.82) is 0 Å². The summed E-state index contributed by atoms with van der Waals surface area (Å²) >= 11 is 1.41. The molecule has 2 amide bonds. The number of halogens is 4. The highest BCUT2D eigenvalue weighted by Gasteiger charge is 2.31. The van der Waals surface area contributed by atoms with E-state index in [0.29, 0.717) is 22.6 Å². The molecule has 6 nitrogen and oxygen atoms in total. The summed E-state index contributed by atoms with van der Waals surface area (Å²) in [5, 5.41) is 2.53. The number of benzene rings is 2. The molecule has 1 aliphatic heterocycles. The van der Waals surface area contributed by atoms with Crippen LogP contribution in [0.25, 0.3) is 0 Å². The van der Waals surface area contributed by atoms with Crippen LogP contribution >= 0.6 is 24.2 Å². The Morgan fingerprint density at radius 2 is 1.93 bits per heavy atom. The Morgan fingerprint density at radius 3 is 2.53 bits per heavy atom. The number of hydrogen-bond donors (Lipinski definition) is 2. The number of amides is 2. The van der Waals surface area contributed by atoms with Gasteiger partial charge in [-0.25, -0.2) is 0 Å². The predicted molar refractivity (Wildman–Crippen MR) is 110 cm³/mol. The molecule has 1 aliphatic rings. The van der Waals surface area contributed by atoms with Crippen LogP contribution in [0.4, 0.5) is 18.9 Å². The molecule has 11 heteroatoms. The molecule has 0 aliphatic carbocycles. The maximum absolute atomic E-state index is 12.8. The summed E-state index contributed by atoms with van der Waals surface area (Å²) in [6, 6.07) is 9.53. The second-order valence-electron chi connectivity index (χ2n) is 6.30. The minimum absolute atomic E-state index is 0. The fourth-order valence-electron chi connectivity index (χ4n) is 2.85. The van der Waals surface area contributed by atoms with Crippen molar-refractivity contribution in [3.8, 4) is 5.75 Å². The SMILES string of the molecule is CNC(=O)c1ccc2c(c1)N(Cc1ccc(OC(F)(F)F)cc1)C(=O)[C@@H](N)CS2.Cl. The van der Waals surface area contributed by atoms with Crippen molar-refractivity contribution in [2.75, 3.05) is 17.7 Å². The number of ether oxygens (including phenoxy) is 1. The number of carbonyl (C=O) groups excluding carboxylic acids is 2. The van der Waals surface area contributed by atoms with Gasteiger partial charge in [-0.3, -0.25) is 9.59 Å². The molecule has 3 N–H and O–H groups in total. The van der Waals surface area contributed by atoms with Crippen molar-refractivity contribution in [1.82, 2.24) is 5.32 Å². The monoisotopic (exact) mass is 461 g/mol. The van der Waals surface area contributed by atoms with Gasteiger partial charge in [-0.2, -0.15) is 0 Å². The number of rotatable bonds is 4. The summed E-state index contributed by atoms with van der Waals surface area (Å²) in [4.78, 5) is 27.1. The van der Waals surface area contributed by atoms with Crippen molar-refractivity contribution in [3.05, 3.63) is 53.6 Å². The molecule has 0 aromatic heterocycles. The molecule has 0 saturated heterocycles. The van der Waals surface area contributed by atoms with E-state index in [1.165, 1.54) is 48.0 Å². The first-order valence-electron chi connectivity index (χ1n) is 8.58. The molecule has 3 rings (SSSR count). The number of nitrogens with two attached hydrogens (primary N) is 1. The Bertz CT molecular complexity index is 925. The molecule has 0 fully saturated rings. The molecule has 30 heavy (non-hydrogen) atoms. The van der Waals surface area contributed by atoms with Crippen LogP contribution in [0.1, 0.15) is 15.9 Å². The van der Waals surface area contributed by atoms with Crippen LogP contribution in [0.5, 0.6) is 5.75 Å². The second kappa shape index (κ2) is 9.59. The maximum atomic E-state index is 12.8. The van der Waals surface area contributed by atoms with Crippen molar-refractivity contribution >= 4 is 41.7 Å². The summed E-state index contributed by atoms with van der Waals surface area (Å²) < 4.78 is 40.9. The van der Waals surface area contributed by atoms with E-state index < -0.39 is 12.4 Å². The highest BCUT2D eigenvalue weighted by Crippen LogP contribution is 2.36. The van der Waals surface area contributed by atoms with Crippen LogP contribution < -0.4 is 20.7 Å². The number of fused-ring (bicyclic) bond motifs is 1. The lowest BCUT2D eigenvalue weighted by Gasteiger charge is -2.25. The van der Waals surface area contributed by atoms with Crippen molar-refractivity contribution in [3.63, 3.8) is 0 Å². The number of carbonyl (C=O) groups is 2. The lowest BCUT2D eigenvalue weighted by molar-refractivity contribution is -0.274. The number of thioether (sulfide) groups is 1. The van der Waals surface area contributed by atoms with Gasteiger partial charge < -0.3 is 20.7 Å². The van der Waals surface area contributed by atoms with Gasteiger partial charge >= 0.3 is 6.36 Å². The molecule has 2 aromatic rings. The summed E-state index contributed by atoms with van der Waals surface area (Å²) in [6.45, 7) is 0.0869. The lowest BCUT2D eigenvalue weighted by Crippen LogP contribution is -2.44. The number of alkyl halides is 3. The van der Waals surface area contributed by atoms with Crippen molar-refractivity contribution < 1.29 is 27.5 Å². The van der Waals surface area contributed by atoms with E-state index in [2.05, 4.69) is 10.1 Å². The van der Waals surface area contributed by atoms with Gasteiger partial charge in [-0.05, 0) is 35.9 Å². The molecule has 162 valence electrons. The van der Waals surface area contributed by atoms with Gasteiger partial charge in [0.2, 0.25) is 5.91 Å². The zero-order chi connectivity index (χ0) is 21.2. The molecule has 0 unspecified atom stereocenters. The van der Waals surface area contributed by atoms with E-state index in [1.54, 1.807) is 18.2 Å². The summed E-state index contributed by atoms with van der Waals surface area (Å²) in [7, 11) is 1.51. The average Bonchev–Trinajstić information content (AvgIpc) is 2.79. The number of hydrogen-bond acceptors (Lipinski definition) is 5. The van der Waals surface area contributed by atoms with Gasteiger partial charge in [-0.1, -0.05) is 12.1 Å². The van der Waals surface area contributed by atoms with Gasteiger partial charge in [0.1, 0.15) is 5.75 Å².